The summed E-state index contributed by atoms with van der Waals surface area (Å²) in [6.45, 7) is -0.777. The molecule has 0 atom stereocenters. The largest absolute Gasteiger partial charge is 0.481 e. The van der Waals surface area contributed by atoms with Crippen LogP contribution < -0.4 is 20.1 Å². The van der Waals surface area contributed by atoms with E-state index in [0.717, 1.165) is 11.1 Å². The number of halogens is 1. The molecular weight excluding hydrogens is 490 g/mol. The fraction of sp³-hybridized carbons (Fsp3) is 0.200. The van der Waals surface area contributed by atoms with Crippen molar-refractivity contribution in [3.05, 3.63) is 65.2 Å². The first-order valence-corrected chi connectivity index (χ1v) is 11.0. The molecule has 0 saturated heterocycles. The highest BCUT2D eigenvalue weighted by Gasteiger charge is 2.15. The molecule has 1 heterocycles. The van der Waals surface area contributed by atoms with E-state index in [9.17, 15) is 14.4 Å². The summed E-state index contributed by atoms with van der Waals surface area (Å²) in [4.78, 5) is 40.7. The number of esters is 1. The molecule has 0 saturated carbocycles. The molecule has 0 radical (unpaired) electrons. The second kappa shape index (κ2) is 12.5. The highest BCUT2D eigenvalue weighted by Crippen LogP contribution is 2.31. The Morgan fingerprint density at radius 3 is 2.33 bits per heavy atom. The van der Waals surface area contributed by atoms with Crippen molar-refractivity contribution in [3.63, 3.8) is 0 Å². The lowest BCUT2D eigenvalue weighted by Gasteiger charge is -2.12. The van der Waals surface area contributed by atoms with E-state index in [2.05, 4.69) is 15.6 Å². The van der Waals surface area contributed by atoms with Crippen LogP contribution in [0.25, 0.3) is 11.1 Å². The van der Waals surface area contributed by atoms with E-state index in [0.29, 0.717) is 22.5 Å². The van der Waals surface area contributed by atoms with Gasteiger partial charge in [0.25, 0.3) is 0 Å². The minimum atomic E-state index is -0.654. The van der Waals surface area contributed by atoms with Crippen LogP contribution in [0.5, 0.6) is 11.8 Å². The Hall–Kier alpha value is -4.15. The number of carbonyl (C=O) groups excluding carboxylic acids is 3. The normalized spacial score (nSPS) is 10.3. The summed E-state index contributed by atoms with van der Waals surface area (Å²) in [5.41, 5.74) is 2.32. The summed E-state index contributed by atoms with van der Waals surface area (Å²) < 4.78 is 20.4. The van der Waals surface area contributed by atoms with Crippen molar-refractivity contribution < 1.29 is 33.3 Å². The zero-order valence-electron chi connectivity index (χ0n) is 19.8. The van der Waals surface area contributed by atoms with Crippen LogP contribution >= 0.6 is 11.6 Å². The van der Waals surface area contributed by atoms with Crippen molar-refractivity contribution in [2.75, 3.05) is 45.2 Å². The SMILES string of the molecule is COC(=O)c1cc(Cl)ccc1NC(=O)COCC(=O)Nc1cccc(-c2ccc(OC)nc2OC)c1. The summed E-state index contributed by atoms with van der Waals surface area (Å²) in [5, 5.41) is 5.57. The molecule has 2 N–H and O–H groups in total. The van der Waals surface area contributed by atoms with Crippen molar-refractivity contribution in [3.8, 4) is 22.9 Å². The smallest absolute Gasteiger partial charge is 0.340 e. The standard InChI is InChI=1S/C25H24ClN3O7/c1-33-23-10-8-18(24(29-23)34-2)15-5-4-6-17(11-15)27-21(30)13-36-14-22(31)28-20-9-7-16(26)12-19(20)25(32)35-3/h4-12H,13-14H2,1-3H3,(H,27,30)(H,28,31). The lowest BCUT2D eigenvalue weighted by Crippen LogP contribution is -2.24. The number of benzene rings is 2. The molecule has 0 aliphatic carbocycles. The molecule has 0 fully saturated rings. The minimum absolute atomic E-state index is 0.0969. The number of pyridine rings is 1. The fourth-order valence-corrected chi connectivity index (χ4v) is 3.37. The van der Waals surface area contributed by atoms with Crippen molar-refractivity contribution >= 4 is 40.8 Å². The lowest BCUT2D eigenvalue weighted by atomic mass is 10.1. The molecule has 2 amide bonds. The van der Waals surface area contributed by atoms with E-state index in [4.69, 9.17) is 30.5 Å². The first-order valence-electron chi connectivity index (χ1n) is 10.6. The Morgan fingerprint density at radius 2 is 1.64 bits per heavy atom. The summed E-state index contributed by atoms with van der Waals surface area (Å²) >= 11 is 5.91. The number of nitrogens with one attached hydrogen (secondary N) is 2. The molecule has 2 aromatic carbocycles. The predicted octanol–water partition coefficient (Wildman–Crippen LogP) is 3.80. The Bertz CT molecular complexity index is 1270. The number of aromatic nitrogens is 1. The molecule has 188 valence electrons. The summed E-state index contributed by atoms with van der Waals surface area (Å²) in [5.74, 6) is -0.877. The molecule has 0 aliphatic heterocycles. The number of amides is 2. The monoisotopic (exact) mass is 513 g/mol. The van der Waals surface area contributed by atoms with E-state index in [-0.39, 0.29) is 17.9 Å². The van der Waals surface area contributed by atoms with Gasteiger partial charge < -0.3 is 29.6 Å². The summed E-state index contributed by atoms with van der Waals surface area (Å²) in [7, 11) is 4.24. The van der Waals surface area contributed by atoms with Gasteiger partial charge in [0.15, 0.2) is 0 Å². The van der Waals surface area contributed by atoms with Crippen LogP contribution in [0.2, 0.25) is 5.02 Å². The van der Waals surface area contributed by atoms with Crippen molar-refractivity contribution in [2.24, 2.45) is 0 Å². The van der Waals surface area contributed by atoms with Gasteiger partial charge in [0.2, 0.25) is 23.6 Å². The Labute approximate surface area is 212 Å². The molecule has 3 rings (SSSR count). The quantitative estimate of drug-likeness (QED) is 0.392. The fourth-order valence-electron chi connectivity index (χ4n) is 3.20. The van der Waals surface area contributed by atoms with Crippen LogP contribution in [0.3, 0.4) is 0 Å². The van der Waals surface area contributed by atoms with Gasteiger partial charge in [-0.1, -0.05) is 23.7 Å². The maximum atomic E-state index is 12.3. The van der Waals surface area contributed by atoms with Crippen LogP contribution in [0, 0.1) is 0 Å². The molecule has 0 aliphatic rings. The number of nitrogens with zero attached hydrogens (tertiary/aromatic N) is 1. The third-order valence-corrected chi connectivity index (χ3v) is 5.06. The highest BCUT2D eigenvalue weighted by atomic mass is 35.5. The van der Waals surface area contributed by atoms with Crippen LogP contribution in [-0.4, -0.2) is 57.3 Å². The van der Waals surface area contributed by atoms with E-state index in [1.54, 1.807) is 30.3 Å². The number of rotatable bonds is 10. The van der Waals surface area contributed by atoms with Crippen LogP contribution in [0.1, 0.15) is 10.4 Å². The number of hydrogen-bond donors (Lipinski definition) is 2. The first kappa shape index (κ1) is 26.5. The number of methoxy groups -OCH3 is 3. The molecule has 0 bridgehead atoms. The average Bonchev–Trinajstić information content (AvgIpc) is 2.88. The predicted molar refractivity (Wildman–Crippen MR) is 134 cm³/mol. The Morgan fingerprint density at radius 1 is 0.889 bits per heavy atom. The minimum Gasteiger partial charge on any atom is -0.481 e. The van der Waals surface area contributed by atoms with Crippen molar-refractivity contribution in [2.45, 2.75) is 0 Å². The molecule has 0 spiro atoms. The number of ether oxygens (including phenoxy) is 4. The molecular formula is C25H24ClN3O7. The zero-order valence-corrected chi connectivity index (χ0v) is 20.5. The van der Waals surface area contributed by atoms with Gasteiger partial charge >= 0.3 is 5.97 Å². The first-order chi connectivity index (χ1) is 17.3. The van der Waals surface area contributed by atoms with E-state index in [1.807, 2.05) is 6.07 Å². The average molecular weight is 514 g/mol. The van der Waals surface area contributed by atoms with E-state index in [1.165, 1.54) is 39.5 Å². The summed E-state index contributed by atoms with van der Waals surface area (Å²) in [6.07, 6.45) is 0. The van der Waals surface area contributed by atoms with Gasteiger partial charge in [-0.15, -0.1) is 0 Å². The van der Waals surface area contributed by atoms with Gasteiger partial charge in [-0.2, -0.15) is 4.98 Å². The third-order valence-electron chi connectivity index (χ3n) is 4.82. The van der Waals surface area contributed by atoms with Crippen LogP contribution in [0.4, 0.5) is 11.4 Å². The topological polar surface area (TPSA) is 125 Å². The van der Waals surface area contributed by atoms with Crippen LogP contribution in [-0.2, 0) is 19.1 Å². The Kier molecular flexibility index (Phi) is 9.20. The second-order valence-corrected chi connectivity index (χ2v) is 7.70. The zero-order chi connectivity index (χ0) is 26.1. The molecule has 1 aromatic heterocycles. The molecule has 36 heavy (non-hydrogen) atoms. The van der Waals surface area contributed by atoms with Gasteiger partial charge in [-0.05, 0) is 42.0 Å². The Balaban J connectivity index is 1.56. The van der Waals surface area contributed by atoms with Gasteiger partial charge in [0, 0.05) is 22.3 Å². The van der Waals surface area contributed by atoms with Crippen LogP contribution in [0.15, 0.2) is 54.6 Å². The lowest BCUT2D eigenvalue weighted by molar-refractivity contribution is -0.125. The van der Waals surface area contributed by atoms with Crippen molar-refractivity contribution in [1.82, 2.24) is 4.98 Å². The maximum Gasteiger partial charge on any atom is 0.340 e. The number of hydrogen-bond acceptors (Lipinski definition) is 8. The molecule has 11 heteroatoms. The number of carbonyl (C=O) groups is 3. The third kappa shape index (κ3) is 6.94. The van der Waals surface area contributed by atoms with Gasteiger partial charge in [-0.25, -0.2) is 4.79 Å². The van der Waals surface area contributed by atoms with E-state index >= 15 is 0 Å². The van der Waals surface area contributed by atoms with Gasteiger partial charge in [0.1, 0.15) is 13.2 Å². The highest BCUT2D eigenvalue weighted by molar-refractivity contribution is 6.31. The molecule has 10 nitrogen and oxygen atoms in total. The van der Waals surface area contributed by atoms with Gasteiger partial charge in [-0.3, -0.25) is 9.59 Å². The summed E-state index contributed by atoms with van der Waals surface area (Å²) in [6, 6.07) is 15.0. The molecule has 3 aromatic rings. The van der Waals surface area contributed by atoms with E-state index < -0.39 is 24.4 Å². The maximum absolute atomic E-state index is 12.3. The van der Waals surface area contributed by atoms with Crippen molar-refractivity contribution in [1.29, 1.82) is 0 Å². The number of anilines is 2. The molecule has 0 unspecified atom stereocenters. The van der Waals surface area contributed by atoms with Gasteiger partial charge in [0.05, 0.1) is 32.6 Å². The second-order valence-electron chi connectivity index (χ2n) is 7.26.